The first-order valence-corrected chi connectivity index (χ1v) is 6.51. The van der Waals surface area contributed by atoms with Gasteiger partial charge >= 0.3 is 0 Å². The van der Waals surface area contributed by atoms with Gasteiger partial charge in [0.2, 0.25) is 0 Å². The van der Waals surface area contributed by atoms with Gasteiger partial charge in [-0.05, 0) is 42.4 Å². The third-order valence-electron chi connectivity index (χ3n) is 2.82. The zero-order chi connectivity index (χ0) is 12.3. The molecule has 0 amide bonds. The Morgan fingerprint density at radius 2 is 1.88 bits per heavy atom. The second-order valence-corrected chi connectivity index (χ2v) is 6.40. The molecule has 1 aromatic rings. The molecule has 0 aliphatic heterocycles. The third kappa shape index (κ3) is 3.99. The van der Waals surface area contributed by atoms with Crippen molar-refractivity contribution in [2.45, 2.75) is 45.9 Å². The molecule has 1 rings (SSSR count). The van der Waals surface area contributed by atoms with Crippen LogP contribution in [0.4, 0.5) is 0 Å². The van der Waals surface area contributed by atoms with E-state index >= 15 is 0 Å². The molecule has 0 nitrogen and oxygen atoms in total. The fourth-order valence-corrected chi connectivity index (χ4v) is 2.01. The van der Waals surface area contributed by atoms with Crippen LogP contribution in [0.2, 0.25) is 5.02 Å². The van der Waals surface area contributed by atoms with Gasteiger partial charge < -0.3 is 0 Å². The van der Waals surface area contributed by atoms with Gasteiger partial charge in [-0.1, -0.05) is 44.5 Å². The Balaban J connectivity index is 2.62. The maximum Gasteiger partial charge on any atom is 0.0440 e. The Kier molecular flexibility index (Phi) is 4.70. The van der Waals surface area contributed by atoms with Crippen LogP contribution in [0.5, 0.6) is 0 Å². The van der Waals surface area contributed by atoms with Gasteiger partial charge in [-0.15, -0.1) is 11.6 Å². The van der Waals surface area contributed by atoms with Crippen LogP contribution < -0.4 is 0 Å². The Morgan fingerprint density at radius 3 is 2.38 bits per heavy atom. The molecular weight excluding hydrogens is 239 g/mol. The molecule has 0 heterocycles. The predicted octanol–water partition coefficient (Wildman–Crippen LogP) is 5.23. The van der Waals surface area contributed by atoms with Crippen LogP contribution in [-0.4, -0.2) is 5.38 Å². The van der Waals surface area contributed by atoms with Crippen molar-refractivity contribution in [2.24, 2.45) is 5.41 Å². The van der Waals surface area contributed by atoms with Gasteiger partial charge in [-0.3, -0.25) is 0 Å². The van der Waals surface area contributed by atoms with Crippen molar-refractivity contribution in [1.29, 1.82) is 0 Å². The van der Waals surface area contributed by atoms with Gasteiger partial charge in [0.15, 0.2) is 0 Å². The van der Waals surface area contributed by atoms with Crippen LogP contribution in [0.15, 0.2) is 18.2 Å². The lowest BCUT2D eigenvalue weighted by molar-refractivity contribution is 0.374. The molecule has 0 bridgehead atoms. The summed E-state index contributed by atoms with van der Waals surface area (Å²) >= 11 is 12.5. The van der Waals surface area contributed by atoms with Crippen molar-refractivity contribution < 1.29 is 0 Å². The average molecular weight is 259 g/mol. The summed E-state index contributed by atoms with van der Waals surface area (Å²) in [6, 6.07) is 6.21. The largest absolute Gasteiger partial charge is 0.122 e. The molecule has 0 spiro atoms. The Hall–Kier alpha value is -0.200. The van der Waals surface area contributed by atoms with Gasteiger partial charge in [-0.25, -0.2) is 0 Å². The summed E-state index contributed by atoms with van der Waals surface area (Å²) in [4.78, 5) is 0. The molecule has 0 N–H and O–H groups in total. The number of hydrogen-bond donors (Lipinski definition) is 0. The van der Waals surface area contributed by atoms with E-state index in [1.54, 1.807) is 0 Å². The topological polar surface area (TPSA) is 0 Å². The van der Waals surface area contributed by atoms with E-state index in [-0.39, 0.29) is 10.8 Å². The van der Waals surface area contributed by atoms with Gasteiger partial charge in [0.05, 0.1) is 0 Å². The van der Waals surface area contributed by atoms with Crippen molar-refractivity contribution >= 4 is 23.2 Å². The molecule has 16 heavy (non-hydrogen) atoms. The van der Waals surface area contributed by atoms with Crippen molar-refractivity contribution in [3.05, 3.63) is 34.3 Å². The molecule has 0 saturated carbocycles. The molecule has 0 aromatic heterocycles. The lowest BCUT2D eigenvalue weighted by Crippen LogP contribution is -2.21. The maximum absolute atomic E-state index is 6.35. The zero-order valence-electron chi connectivity index (χ0n) is 10.5. The quantitative estimate of drug-likeness (QED) is 0.651. The first kappa shape index (κ1) is 13.9. The number of hydrogen-bond acceptors (Lipinski definition) is 0. The van der Waals surface area contributed by atoms with Crippen LogP contribution >= 0.6 is 23.2 Å². The number of halogens is 2. The molecule has 2 heteroatoms. The molecule has 0 aliphatic rings. The molecule has 1 aromatic carbocycles. The van der Waals surface area contributed by atoms with Crippen molar-refractivity contribution in [1.82, 2.24) is 0 Å². The van der Waals surface area contributed by atoms with Gasteiger partial charge in [0, 0.05) is 10.4 Å². The second kappa shape index (κ2) is 5.42. The van der Waals surface area contributed by atoms with E-state index in [1.807, 2.05) is 6.07 Å². The van der Waals surface area contributed by atoms with E-state index in [9.17, 15) is 0 Å². The van der Waals surface area contributed by atoms with Gasteiger partial charge in [0.25, 0.3) is 0 Å². The zero-order valence-corrected chi connectivity index (χ0v) is 12.0. The molecule has 1 unspecified atom stereocenters. The van der Waals surface area contributed by atoms with Crippen molar-refractivity contribution in [3.8, 4) is 0 Å². The fourth-order valence-electron chi connectivity index (χ4n) is 1.57. The standard InChI is InChI=1S/C14H20Cl2/c1-10-5-6-11(12(15)9-10)7-8-13(16)14(2,3)4/h5-6,9,13H,7-8H2,1-4H3. The third-order valence-corrected chi connectivity index (χ3v) is 4.04. The first-order valence-electron chi connectivity index (χ1n) is 5.70. The maximum atomic E-state index is 6.35. The van der Waals surface area contributed by atoms with E-state index < -0.39 is 0 Å². The van der Waals surface area contributed by atoms with E-state index in [0.717, 1.165) is 17.9 Å². The van der Waals surface area contributed by atoms with Gasteiger partial charge in [-0.2, -0.15) is 0 Å². The number of alkyl halides is 1. The highest BCUT2D eigenvalue weighted by Gasteiger charge is 2.21. The SMILES string of the molecule is Cc1ccc(CCC(Cl)C(C)(C)C)c(Cl)c1. The van der Waals surface area contributed by atoms with Crippen LogP contribution in [0, 0.1) is 12.3 Å². The lowest BCUT2D eigenvalue weighted by Gasteiger charge is -2.25. The summed E-state index contributed by atoms with van der Waals surface area (Å²) in [5, 5.41) is 1.04. The minimum Gasteiger partial charge on any atom is -0.122 e. The summed E-state index contributed by atoms with van der Waals surface area (Å²) in [7, 11) is 0. The summed E-state index contributed by atoms with van der Waals surface area (Å²) in [5.41, 5.74) is 2.55. The lowest BCUT2D eigenvalue weighted by atomic mass is 9.88. The highest BCUT2D eigenvalue weighted by Crippen LogP contribution is 2.29. The molecular formula is C14H20Cl2. The molecule has 0 radical (unpaired) electrons. The van der Waals surface area contributed by atoms with Crippen LogP contribution in [0.1, 0.15) is 38.3 Å². The Morgan fingerprint density at radius 1 is 1.25 bits per heavy atom. The highest BCUT2D eigenvalue weighted by atomic mass is 35.5. The first-order chi connectivity index (χ1) is 7.30. The molecule has 1 atom stereocenters. The summed E-state index contributed by atoms with van der Waals surface area (Å²) in [6.45, 7) is 8.55. The van der Waals surface area contributed by atoms with E-state index in [1.165, 1.54) is 11.1 Å². The number of benzene rings is 1. The smallest absolute Gasteiger partial charge is 0.0440 e. The van der Waals surface area contributed by atoms with E-state index in [4.69, 9.17) is 23.2 Å². The Labute approximate surface area is 109 Å². The van der Waals surface area contributed by atoms with Crippen LogP contribution in [-0.2, 0) is 6.42 Å². The summed E-state index contributed by atoms with van der Waals surface area (Å²) < 4.78 is 0. The monoisotopic (exact) mass is 258 g/mol. The predicted molar refractivity (Wildman–Crippen MR) is 73.6 cm³/mol. The fraction of sp³-hybridized carbons (Fsp3) is 0.571. The van der Waals surface area contributed by atoms with Crippen molar-refractivity contribution in [3.63, 3.8) is 0 Å². The molecule has 90 valence electrons. The number of aryl methyl sites for hydroxylation is 2. The van der Waals surface area contributed by atoms with Gasteiger partial charge in [0.1, 0.15) is 0 Å². The Bertz CT molecular complexity index is 350. The van der Waals surface area contributed by atoms with Crippen molar-refractivity contribution in [2.75, 3.05) is 0 Å². The summed E-state index contributed by atoms with van der Waals surface area (Å²) in [6.07, 6.45) is 1.92. The molecule has 0 saturated heterocycles. The van der Waals surface area contributed by atoms with Crippen LogP contribution in [0.25, 0.3) is 0 Å². The van der Waals surface area contributed by atoms with E-state index in [2.05, 4.69) is 39.8 Å². The average Bonchev–Trinajstić information content (AvgIpc) is 2.14. The minimum atomic E-state index is 0.152. The van der Waals surface area contributed by atoms with E-state index in [0.29, 0.717) is 0 Å². The minimum absolute atomic E-state index is 0.152. The number of rotatable bonds is 3. The normalized spacial score (nSPS) is 13.9. The summed E-state index contributed by atoms with van der Waals surface area (Å²) in [5.74, 6) is 0. The second-order valence-electron chi connectivity index (χ2n) is 5.47. The molecule has 0 fully saturated rings. The molecule has 0 aliphatic carbocycles. The highest BCUT2D eigenvalue weighted by molar-refractivity contribution is 6.31. The van der Waals surface area contributed by atoms with Crippen LogP contribution in [0.3, 0.4) is 0 Å².